The minimum atomic E-state index is -0.785. The van der Waals surface area contributed by atoms with Gasteiger partial charge < -0.3 is 10.2 Å². The molecule has 210 valence electrons. The summed E-state index contributed by atoms with van der Waals surface area (Å²) >= 11 is 0. The van der Waals surface area contributed by atoms with Crippen molar-refractivity contribution in [1.29, 1.82) is 5.26 Å². The van der Waals surface area contributed by atoms with E-state index < -0.39 is 17.6 Å². The summed E-state index contributed by atoms with van der Waals surface area (Å²) in [5.41, 5.74) is 3.67. The number of nitrogens with one attached hydrogen (secondary N) is 1. The molecule has 2 aromatic heterocycles. The molecule has 1 aliphatic heterocycles. The number of rotatable bonds is 6. The molecule has 0 saturated carbocycles. The van der Waals surface area contributed by atoms with E-state index in [0.29, 0.717) is 21.6 Å². The maximum absolute atomic E-state index is 13.6. The van der Waals surface area contributed by atoms with E-state index in [9.17, 15) is 19.6 Å². The highest BCUT2D eigenvalue weighted by atomic mass is 16.2. The lowest BCUT2D eigenvalue weighted by atomic mass is 9.99. The van der Waals surface area contributed by atoms with Crippen molar-refractivity contribution in [2.24, 2.45) is 15.2 Å². The number of nitrogens with zero attached hydrogens (tertiary/aromatic N) is 9. The second kappa shape index (κ2) is 11.0. The third kappa shape index (κ3) is 5.21. The Morgan fingerprint density at radius 2 is 1.77 bits per heavy atom. The van der Waals surface area contributed by atoms with Gasteiger partial charge in [0.25, 0.3) is 0 Å². The Morgan fingerprint density at radius 1 is 0.977 bits per heavy atom. The molecule has 0 radical (unpaired) electrons. The SMILES string of the molecule is CN(C)Cc1ccccc1-c1ccc(NC(=O)n2ncc3c(C#N)nn(-c4cccc(C5=NC(=O)N=N5)c4)c3c2=O)cc1. The fourth-order valence-electron chi connectivity index (χ4n) is 4.76. The highest BCUT2D eigenvalue weighted by Crippen LogP contribution is 2.26. The van der Waals surface area contributed by atoms with Crippen LogP contribution >= 0.6 is 0 Å². The van der Waals surface area contributed by atoms with Crippen LogP contribution in [0.4, 0.5) is 15.3 Å². The average molecular weight is 571 g/mol. The second-order valence-corrected chi connectivity index (χ2v) is 9.87. The van der Waals surface area contributed by atoms with E-state index in [0.717, 1.165) is 17.7 Å². The van der Waals surface area contributed by atoms with Crippen LogP contribution in [0.5, 0.6) is 0 Å². The molecule has 43 heavy (non-hydrogen) atoms. The van der Waals surface area contributed by atoms with Gasteiger partial charge in [0.1, 0.15) is 11.6 Å². The number of fused-ring (bicyclic) bond motifs is 1. The minimum absolute atomic E-state index is 0.0299. The Labute approximate surface area is 244 Å². The molecule has 0 unspecified atom stereocenters. The number of carbonyl (C=O) groups excluding carboxylic acids is 2. The third-order valence-electron chi connectivity index (χ3n) is 6.65. The van der Waals surface area contributed by atoms with Crippen molar-refractivity contribution in [3.63, 3.8) is 0 Å². The van der Waals surface area contributed by atoms with Crippen molar-refractivity contribution in [2.45, 2.75) is 6.54 Å². The molecule has 0 atom stereocenters. The van der Waals surface area contributed by atoms with Crippen LogP contribution in [0.3, 0.4) is 0 Å². The molecule has 5 aromatic rings. The molecule has 1 N–H and O–H groups in total. The second-order valence-electron chi connectivity index (χ2n) is 9.87. The standard InChI is InChI=1S/C30H22N10O3/c1-38(2)17-20-6-3-4-9-23(20)18-10-12-21(13-11-18)33-30(43)40-28(41)26-24(16-32-40)25(15-31)37-39(26)22-8-5-7-19(14-22)27-34-29(42)36-35-27/h3-14,16H,17H2,1-2H3,(H,33,43). The van der Waals surface area contributed by atoms with Crippen LogP contribution < -0.4 is 10.9 Å². The van der Waals surface area contributed by atoms with Gasteiger partial charge in [-0.05, 0) is 55.1 Å². The van der Waals surface area contributed by atoms with Gasteiger partial charge in [0.2, 0.25) is 0 Å². The first-order valence-electron chi connectivity index (χ1n) is 13.0. The van der Waals surface area contributed by atoms with Gasteiger partial charge in [-0.3, -0.25) is 4.79 Å². The Kier molecular flexibility index (Phi) is 6.94. The van der Waals surface area contributed by atoms with Crippen molar-refractivity contribution in [3.05, 3.63) is 106 Å². The minimum Gasteiger partial charge on any atom is -0.306 e. The Hall–Kier alpha value is -6.13. The highest BCUT2D eigenvalue weighted by Gasteiger charge is 2.21. The molecule has 1 aliphatic rings. The van der Waals surface area contributed by atoms with Gasteiger partial charge in [0.15, 0.2) is 11.5 Å². The average Bonchev–Trinajstić information content (AvgIpc) is 3.62. The number of aliphatic imine (C=N–C) groups is 1. The number of carbonyl (C=O) groups is 2. The van der Waals surface area contributed by atoms with Crippen molar-refractivity contribution in [2.75, 3.05) is 19.4 Å². The summed E-state index contributed by atoms with van der Waals surface area (Å²) < 4.78 is 1.93. The molecule has 13 heteroatoms. The van der Waals surface area contributed by atoms with Crippen LogP contribution in [0.1, 0.15) is 16.8 Å². The number of hydrogen-bond acceptors (Lipinski definition) is 8. The largest absolute Gasteiger partial charge is 0.387 e. The Morgan fingerprint density at radius 3 is 2.49 bits per heavy atom. The number of amides is 3. The molecule has 0 spiro atoms. The van der Waals surface area contributed by atoms with Crippen LogP contribution in [0.2, 0.25) is 0 Å². The van der Waals surface area contributed by atoms with Crippen LogP contribution in [0.15, 0.2) is 99.0 Å². The zero-order valence-electron chi connectivity index (χ0n) is 23.0. The zero-order valence-corrected chi connectivity index (χ0v) is 23.0. The normalized spacial score (nSPS) is 12.5. The number of amidine groups is 1. The summed E-state index contributed by atoms with van der Waals surface area (Å²) in [6.45, 7) is 0.777. The molecule has 0 bridgehead atoms. The van der Waals surface area contributed by atoms with Crippen molar-refractivity contribution in [1.82, 2.24) is 24.5 Å². The van der Waals surface area contributed by atoms with Crippen LogP contribution in [-0.4, -0.2) is 56.5 Å². The van der Waals surface area contributed by atoms with Gasteiger partial charge in [-0.25, -0.2) is 14.3 Å². The lowest BCUT2D eigenvalue weighted by molar-refractivity contribution is 0.250. The molecule has 13 nitrogen and oxygen atoms in total. The number of nitriles is 1. The van der Waals surface area contributed by atoms with Gasteiger partial charge in [-0.1, -0.05) is 53.6 Å². The number of anilines is 1. The molecule has 0 aliphatic carbocycles. The molecule has 6 rings (SSSR count). The van der Waals surface area contributed by atoms with E-state index in [1.807, 2.05) is 50.5 Å². The summed E-state index contributed by atoms with van der Waals surface area (Å²) in [4.78, 5) is 44.1. The predicted molar refractivity (Wildman–Crippen MR) is 158 cm³/mol. The molecular weight excluding hydrogens is 548 g/mol. The predicted octanol–water partition coefficient (Wildman–Crippen LogP) is 4.60. The summed E-state index contributed by atoms with van der Waals surface area (Å²) in [5, 5.41) is 28.0. The van der Waals surface area contributed by atoms with Crippen LogP contribution in [-0.2, 0) is 6.54 Å². The topological polar surface area (TPSA) is 163 Å². The maximum Gasteiger partial charge on any atom is 0.387 e. The molecular formula is C30H22N10O3. The summed E-state index contributed by atoms with van der Waals surface area (Å²) in [6, 6.07) is 22.4. The molecule has 0 saturated heterocycles. The maximum atomic E-state index is 13.6. The molecule has 0 fully saturated rings. The van der Waals surface area contributed by atoms with Crippen LogP contribution in [0.25, 0.3) is 27.7 Å². The summed E-state index contributed by atoms with van der Waals surface area (Å²) in [7, 11) is 4.02. The first-order chi connectivity index (χ1) is 20.8. The van der Waals surface area contributed by atoms with Crippen molar-refractivity contribution >= 4 is 34.5 Å². The van der Waals surface area contributed by atoms with Gasteiger partial charge in [-0.2, -0.15) is 20.5 Å². The van der Waals surface area contributed by atoms with Crippen molar-refractivity contribution in [3.8, 4) is 22.9 Å². The van der Waals surface area contributed by atoms with E-state index >= 15 is 0 Å². The van der Waals surface area contributed by atoms with Gasteiger partial charge in [-0.15, -0.1) is 9.80 Å². The number of azo groups is 1. The van der Waals surface area contributed by atoms with Gasteiger partial charge >= 0.3 is 17.6 Å². The fourth-order valence-corrected chi connectivity index (χ4v) is 4.76. The zero-order chi connectivity index (χ0) is 30.1. The lowest BCUT2D eigenvalue weighted by Crippen LogP contribution is -2.33. The quantitative estimate of drug-likeness (QED) is 0.312. The summed E-state index contributed by atoms with van der Waals surface area (Å²) in [6.07, 6.45) is 1.25. The first-order valence-corrected chi connectivity index (χ1v) is 13.0. The molecule has 3 amide bonds. The number of aromatic nitrogens is 4. The molecule has 3 aromatic carbocycles. The number of urea groups is 1. The third-order valence-corrected chi connectivity index (χ3v) is 6.65. The fraction of sp³-hybridized carbons (Fsp3) is 0.100. The van der Waals surface area contributed by atoms with E-state index in [1.54, 1.807) is 36.4 Å². The lowest BCUT2D eigenvalue weighted by Gasteiger charge is -2.14. The number of benzene rings is 3. The Balaban J connectivity index is 1.32. The van der Waals surface area contributed by atoms with Crippen molar-refractivity contribution < 1.29 is 9.59 Å². The van der Waals surface area contributed by atoms with E-state index in [2.05, 4.69) is 41.7 Å². The first kappa shape index (κ1) is 27.1. The van der Waals surface area contributed by atoms with Gasteiger partial charge in [0.05, 0.1) is 17.3 Å². The van der Waals surface area contributed by atoms with E-state index in [1.165, 1.54) is 16.4 Å². The Bertz CT molecular complexity index is 2080. The summed E-state index contributed by atoms with van der Waals surface area (Å²) in [5.74, 6) is 0.106. The highest BCUT2D eigenvalue weighted by molar-refractivity contribution is 6.08. The van der Waals surface area contributed by atoms with Crippen LogP contribution in [0, 0.1) is 11.3 Å². The number of hydrogen-bond donors (Lipinski definition) is 1. The smallest absolute Gasteiger partial charge is 0.306 e. The monoisotopic (exact) mass is 570 g/mol. The molecule has 3 heterocycles. The van der Waals surface area contributed by atoms with E-state index in [4.69, 9.17) is 0 Å². The van der Waals surface area contributed by atoms with E-state index in [-0.39, 0.29) is 22.4 Å². The van der Waals surface area contributed by atoms with Gasteiger partial charge in [0, 0.05) is 17.8 Å².